The molecule has 1 aliphatic carbocycles. The highest BCUT2D eigenvalue weighted by atomic mass is 16.5. The number of pyridine rings is 2. The van der Waals surface area contributed by atoms with Crippen LogP contribution in [-0.2, 0) is 11.2 Å². The van der Waals surface area contributed by atoms with Crippen LogP contribution in [0.3, 0.4) is 0 Å². The Labute approximate surface area is 174 Å². The summed E-state index contributed by atoms with van der Waals surface area (Å²) in [6.07, 6.45) is 4.46. The van der Waals surface area contributed by atoms with Gasteiger partial charge in [-0.1, -0.05) is 30.3 Å². The molecular formula is C23H25N3O4. The number of hydrogen-bond acceptors (Lipinski definition) is 5. The number of methoxy groups -OCH3 is 1. The first kappa shape index (κ1) is 20.1. The van der Waals surface area contributed by atoms with E-state index in [4.69, 9.17) is 4.74 Å². The zero-order valence-electron chi connectivity index (χ0n) is 16.9. The quantitative estimate of drug-likeness (QED) is 0.599. The van der Waals surface area contributed by atoms with E-state index in [1.165, 1.54) is 0 Å². The van der Waals surface area contributed by atoms with Gasteiger partial charge in [0.25, 0.3) is 11.5 Å². The van der Waals surface area contributed by atoms with Crippen molar-refractivity contribution in [1.82, 2.24) is 14.9 Å². The number of H-pyrrole nitrogens is 1. The minimum atomic E-state index is -0.609. The van der Waals surface area contributed by atoms with Crippen molar-refractivity contribution < 1.29 is 14.6 Å². The topological polar surface area (TPSA) is 95.5 Å². The Morgan fingerprint density at radius 3 is 2.73 bits per heavy atom. The minimum Gasteiger partial charge on any atom is -0.505 e. The fourth-order valence-corrected chi connectivity index (χ4v) is 3.58. The second kappa shape index (κ2) is 8.67. The molecule has 0 spiro atoms. The van der Waals surface area contributed by atoms with Crippen LogP contribution in [0.4, 0.5) is 0 Å². The lowest BCUT2D eigenvalue weighted by Crippen LogP contribution is -2.38. The van der Waals surface area contributed by atoms with Crippen LogP contribution >= 0.6 is 0 Å². The monoisotopic (exact) mass is 407 g/mol. The van der Waals surface area contributed by atoms with Gasteiger partial charge in [-0.3, -0.25) is 14.6 Å². The van der Waals surface area contributed by atoms with Gasteiger partial charge in [-0.15, -0.1) is 0 Å². The van der Waals surface area contributed by atoms with Gasteiger partial charge < -0.3 is 19.7 Å². The van der Waals surface area contributed by atoms with Crippen LogP contribution in [0, 0.1) is 5.92 Å². The number of rotatable bonds is 8. The molecule has 2 heterocycles. The van der Waals surface area contributed by atoms with Crippen LogP contribution in [0.5, 0.6) is 5.75 Å². The van der Waals surface area contributed by atoms with Crippen LogP contribution in [-0.4, -0.2) is 52.7 Å². The van der Waals surface area contributed by atoms with Gasteiger partial charge >= 0.3 is 0 Å². The van der Waals surface area contributed by atoms with E-state index in [0.717, 1.165) is 24.0 Å². The highest BCUT2D eigenvalue weighted by Gasteiger charge is 2.30. The molecule has 1 saturated carbocycles. The fraction of sp³-hybridized carbons (Fsp3) is 0.348. The molecular weight excluding hydrogens is 382 g/mol. The average molecular weight is 407 g/mol. The zero-order chi connectivity index (χ0) is 21.1. The summed E-state index contributed by atoms with van der Waals surface area (Å²) in [5.74, 6) is -0.413. The van der Waals surface area contributed by atoms with Crippen LogP contribution in [0.1, 0.15) is 34.3 Å². The maximum absolute atomic E-state index is 13.1. The molecule has 1 fully saturated rings. The van der Waals surface area contributed by atoms with Crippen LogP contribution < -0.4 is 5.56 Å². The zero-order valence-corrected chi connectivity index (χ0v) is 16.9. The highest BCUT2D eigenvalue weighted by Crippen LogP contribution is 2.31. The van der Waals surface area contributed by atoms with Gasteiger partial charge in [-0.05, 0) is 42.4 Å². The molecule has 4 rings (SSSR count). The van der Waals surface area contributed by atoms with E-state index in [0.29, 0.717) is 37.6 Å². The van der Waals surface area contributed by atoms with Crippen molar-refractivity contribution >= 4 is 16.9 Å². The molecule has 0 radical (unpaired) electrons. The van der Waals surface area contributed by atoms with Crippen molar-refractivity contribution in [3.05, 3.63) is 69.6 Å². The lowest BCUT2D eigenvalue weighted by molar-refractivity contribution is 0.0681. The molecule has 2 N–H and O–H groups in total. The van der Waals surface area contributed by atoms with E-state index < -0.39 is 11.5 Å². The van der Waals surface area contributed by atoms with E-state index >= 15 is 0 Å². The number of nitrogens with one attached hydrogen (secondary N) is 1. The Morgan fingerprint density at radius 2 is 2.03 bits per heavy atom. The number of benzene rings is 1. The Morgan fingerprint density at radius 1 is 1.27 bits per heavy atom. The highest BCUT2D eigenvalue weighted by molar-refractivity contribution is 6.01. The third-order valence-electron chi connectivity index (χ3n) is 5.37. The van der Waals surface area contributed by atoms with Crippen molar-refractivity contribution in [2.24, 2.45) is 5.92 Å². The third-order valence-corrected chi connectivity index (χ3v) is 5.37. The van der Waals surface area contributed by atoms with E-state index in [1.807, 2.05) is 30.3 Å². The second-order valence-corrected chi connectivity index (χ2v) is 7.77. The van der Waals surface area contributed by atoms with Gasteiger partial charge in [-0.25, -0.2) is 0 Å². The maximum atomic E-state index is 13.1. The Bertz CT molecular complexity index is 1110. The Kier molecular flexibility index (Phi) is 5.81. The average Bonchev–Trinajstić information content (AvgIpc) is 3.55. The number of aromatic amines is 1. The molecule has 7 nitrogen and oxygen atoms in total. The fourth-order valence-electron chi connectivity index (χ4n) is 3.58. The summed E-state index contributed by atoms with van der Waals surface area (Å²) in [4.78, 5) is 34.4. The number of carbonyl (C=O) groups excluding carboxylic acids is 1. The number of aromatic nitrogens is 2. The molecule has 1 aliphatic rings. The molecule has 156 valence electrons. The van der Waals surface area contributed by atoms with Gasteiger partial charge in [0.05, 0.1) is 12.1 Å². The molecule has 0 unspecified atom stereocenters. The second-order valence-electron chi connectivity index (χ2n) is 7.77. The first-order valence-corrected chi connectivity index (χ1v) is 10.1. The predicted molar refractivity (Wildman–Crippen MR) is 114 cm³/mol. The van der Waals surface area contributed by atoms with E-state index in [9.17, 15) is 14.7 Å². The van der Waals surface area contributed by atoms with Crippen molar-refractivity contribution in [2.75, 3.05) is 26.8 Å². The molecule has 0 atom stereocenters. The molecule has 2 aromatic heterocycles. The van der Waals surface area contributed by atoms with Crippen molar-refractivity contribution in [3.63, 3.8) is 0 Å². The summed E-state index contributed by atoms with van der Waals surface area (Å²) in [7, 11) is 1.57. The summed E-state index contributed by atoms with van der Waals surface area (Å²) in [6, 6.07) is 11.7. The first-order chi connectivity index (χ1) is 14.6. The molecule has 1 amide bonds. The summed E-state index contributed by atoms with van der Waals surface area (Å²) < 4.78 is 5.10. The van der Waals surface area contributed by atoms with Gasteiger partial charge in [0.15, 0.2) is 5.75 Å². The molecule has 1 aromatic carbocycles. The van der Waals surface area contributed by atoms with E-state index in [2.05, 4.69) is 9.97 Å². The van der Waals surface area contributed by atoms with Gasteiger partial charge in [0, 0.05) is 26.4 Å². The Balaban J connectivity index is 1.66. The van der Waals surface area contributed by atoms with Crippen LogP contribution in [0.15, 0.2) is 47.4 Å². The summed E-state index contributed by atoms with van der Waals surface area (Å²) in [5.41, 5.74) is 1.77. The van der Waals surface area contributed by atoms with Crippen LogP contribution in [0.2, 0.25) is 0 Å². The maximum Gasteiger partial charge on any atom is 0.265 e. The number of fused-ring (bicyclic) bond motifs is 1. The SMILES string of the molecule is COCCN(CC1CC1)C(=O)c1c(O)c2ncc(Cc3ccccc3)cc2[nH]c1=O. The number of amides is 1. The lowest BCUT2D eigenvalue weighted by Gasteiger charge is -2.22. The van der Waals surface area contributed by atoms with Crippen LogP contribution in [0.25, 0.3) is 11.0 Å². The number of carbonyl (C=O) groups is 1. The van der Waals surface area contributed by atoms with Gasteiger partial charge in [-0.2, -0.15) is 0 Å². The van der Waals surface area contributed by atoms with Gasteiger partial charge in [0.1, 0.15) is 11.1 Å². The van der Waals surface area contributed by atoms with Crippen molar-refractivity contribution in [2.45, 2.75) is 19.3 Å². The van der Waals surface area contributed by atoms with Crippen molar-refractivity contribution in [1.29, 1.82) is 0 Å². The molecule has 0 aliphatic heterocycles. The molecule has 7 heteroatoms. The largest absolute Gasteiger partial charge is 0.505 e. The summed E-state index contributed by atoms with van der Waals surface area (Å²) in [6.45, 7) is 1.29. The first-order valence-electron chi connectivity index (χ1n) is 10.1. The molecule has 0 bridgehead atoms. The standard InChI is InChI=1S/C23H25N3O4/c1-30-10-9-26(14-16-7-8-16)23(29)19-21(27)20-18(25-22(19)28)12-17(13-24-20)11-15-5-3-2-4-6-15/h2-6,12-13,16H,7-11,14H2,1H3,(H2,25,27,28). The van der Waals surface area contributed by atoms with Crippen molar-refractivity contribution in [3.8, 4) is 5.75 Å². The molecule has 30 heavy (non-hydrogen) atoms. The molecule has 3 aromatic rings. The summed E-state index contributed by atoms with van der Waals surface area (Å²) in [5, 5.41) is 10.7. The summed E-state index contributed by atoms with van der Waals surface area (Å²) >= 11 is 0. The lowest BCUT2D eigenvalue weighted by atomic mass is 10.1. The third kappa shape index (κ3) is 4.36. The van der Waals surface area contributed by atoms with E-state index in [1.54, 1.807) is 24.3 Å². The normalized spacial score (nSPS) is 13.5. The van der Waals surface area contributed by atoms with E-state index in [-0.39, 0.29) is 16.8 Å². The molecule has 0 saturated heterocycles. The number of hydrogen-bond donors (Lipinski definition) is 2. The number of ether oxygens (including phenoxy) is 1. The van der Waals surface area contributed by atoms with Gasteiger partial charge in [0.2, 0.25) is 0 Å². The number of aromatic hydroxyl groups is 1. The number of nitrogens with zero attached hydrogens (tertiary/aromatic N) is 2. The minimum absolute atomic E-state index is 0.216. The smallest absolute Gasteiger partial charge is 0.265 e. The Hall–Kier alpha value is -3.19. The predicted octanol–water partition coefficient (Wildman–Crippen LogP) is 2.72.